The molecule has 0 saturated carbocycles. The lowest BCUT2D eigenvalue weighted by molar-refractivity contribution is -0.0271. The second-order valence-electron chi connectivity index (χ2n) is 6.27. The van der Waals surface area contributed by atoms with Crippen LogP contribution in [0, 0.1) is 18.8 Å². The smallest absolute Gasteiger partial charge is 0.410 e. The number of hydrogen-bond acceptors (Lipinski definition) is 3. The molecule has 0 aromatic carbocycles. The molecule has 112 valence electrons. The van der Waals surface area contributed by atoms with Gasteiger partial charge in [-0.3, -0.25) is 4.90 Å². The number of aryl methyl sites for hydroxylation is 1. The van der Waals surface area contributed by atoms with Gasteiger partial charge in [0.2, 0.25) is 5.67 Å². The molecule has 0 spiro atoms. The lowest BCUT2D eigenvalue weighted by atomic mass is 9.97. The molecule has 0 bridgehead atoms. The van der Waals surface area contributed by atoms with Crippen molar-refractivity contribution in [2.24, 2.45) is 0 Å². The average Bonchev–Trinajstić information content (AvgIpc) is 2.32. The number of likely N-dealkylation sites (tertiary alicyclic amines) is 1. The van der Waals surface area contributed by atoms with Crippen LogP contribution in [0.4, 0.5) is 9.18 Å². The summed E-state index contributed by atoms with van der Waals surface area (Å²) >= 11 is 0. The van der Waals surface area contributed by atoms with E-state index >= 15 is 0 Å². The van der Waals surface area contributed by atoms with Crippen LogP contribution >= 0.6 is 0 Å². The molecule has 2 rings (SSSR count). The second-order valence-corrected chi connectivity index (χ2v) is 6.27. The van der Waals surface area contributed by atoms with E-state index in [2.05, 4.69) is 16.8 Å². The molecule has 1 fully saturated rings. The second kappa shape index (κ2) is 5.36. The van der Waals surface area contributed by atoms with Crippen molar-refractivity contribution in [3.63, 3.8) is 0 Å². The molecule has 1 aromatic rings. The number of halogens is 1. The summed E-state index contributed by atoms with van der Waals surface area (Å²) in [6, 6.07) is 3.62. The summed E-state index contributed by atoms with van der Waals surface area (Å²) in [7, 11) is 0. The quantitative estimate of drug-likeness (QED) is 0.690. The first kappa shape index (κ1) is 15.3. The molecule has 1 saturated heterocycles. The van der Waals surface area contributed by atoms with E-state index in [-0.39, 0.29) is 13.1 Å². The first-order valence-electron chi connectivity index (χ1n) is 6.80. The highest BCUT2D eigenvalue weighted by Crippen LogP contribution is 2.26. The maximum absolute atomic E-state index is 14.3. The van der Waals surface area contributed by atoms with E-state index < -0.39 is 17.4 Å². The number of aromatic nitrogens is 1. The number of carbonyl (C=O) groups excluding carboxylic acids is 1. The van der Waals surface area contributed by atoms with Crippen molar-refractivity contribution in [3.8, 4) is 11.8 Å². The lowest BCUT2D eigenvalue weighted by Gasteiger charge is -2.41. The van der Waals surface area contributed by atoms with Gasteiger partial charge in [0.25, 0.3) is 0 Å². The van der Waals surface area contributed by atoms with Gasteiger partial charge in [-0.15, -0.1) is 0 Å². The van der Waals surface area contributed by atoms with Crippen LogP contribution in [0.2, 0.25) is 0 Å². The average molecular weight is 290 g/mol. The van der Waals surface area contributed by atoms with Crippen LogP contribution in [-0.4, -0.2) is 40.3 Å². The van der Waals surface area contributed by atoms with Crippen LogP contribution < -0.4 is 0 Å². The van der Waals surface area contributed by atoms with Gasteiger partial charge in [-0.05, 0) is 45.2 Å². The zero-order valence-electron chi connectivity index (χ0n) is 12.7. The van der Waals surface area contributed by atoms with E-state index in [1.807, 2.05) is 13.0 Å². The van der Waals surface area contributed by atoms with Crippen LogP contribution in [-0.2, 0) is 4.74 Å². The topological polar surface area (TPSA) is 42.4 Å². The maximum Gasteiger partial charge on any atom is 0.410 e. The van der Waals surface area contributed by atoms with Gasteiger partial charge in [0.15, 0.2) is 0 Å². The highest BCUT2D eigenvalue weighted by Gasteiger charge is 2.46. The Kier molecular flexibility index (Phi) is 3.91. The monoisotopic (exact) mass is 290 g/mol. The number of rotatable bonds is 0. The van der Waals surface area contributed by atoms with Gasteiger partial charge >= 0.3 is 6.09 Å². The van der Waals surface area contributed by atoms with Gasteiger partial charge in [-0.25, -0.2) is 14.2 Å². The molecule has 1 amide bonds. The Bertz CT molecular complexity index is 587. The molecule has 0 radical (unpaired) electrons. The zero-order chi connectivity index (χ0) is 15.7. The van der Waals surface area contributed by atoms with Crippen LogP contribution in [0.5, 0.6) is 0 Å². The third kappa shape index (κ3) is 4.19. The highest BCUT2D eigenvalue weighted by atomic mass is 19.1. The minimum Gasteiger partial charge on any atom is -0.444 e. The van der Waals surface area contributed by atoms with Gasteiger partial charge < -0.3 is 4.74 Å². The molecule has 1 aliphatic rings. The van der Waals surface area contributed by atoms with E-state index in [0.29, 0.717) is 5.69 Å². The van der Waals surface area contributed by atoms with Crippen LogP contribution in [0.25, 0.3) is 0 Å². The minimum absolute atomic E-state index is 0.0687. The molecule has 0 N–H and O–H groups in total. The van der Waals surface area contributed by atoms with Gasteiger partial charge in [-0.1, -0.05) is 12.0 Å². The summed E-state index contributed by atoms with van der Waals surface area (Å²) in [6.07, 6.45) is 1.17. The predicted molar refractivity (Wildman–Crippen MR) is 77.5 cm³/mol. The Morgan fingerprint density at radius 1 is 1.43 bits per heavy atom. The Balaban J connectivity index is 1.93. The number of nitrogens with zero attached hydrogens (tertiary/aromatic N) is 2. The third-order valence-electron chi connectivity index (χ3n) is 2.86. The van der Waals surface area contributed by atoms with Crippen molar-refractivity contribution in [3.05, 3.63) is 29.6 Å². The fourth-order valence-corrected chi connectivity index (χ4v) is 1.81. The Morgan fingerprint density at radius 2 is 2.10 bits per heavy atom. The fraction of sp³-hybridized carbons (Fsp3) is 0.500. The van der Waals surface area contributed by atoms with E-state index in [1.165, 1.54) is 4.90 Å². The predicted octanol–water partition coefficient (Wildman–Crippen LogP) is 2.70. The van der Waals surface area contributed by atoms with Gasteiger partial charge in [0.05, 0.1) is 13.1 Å². The fourth-order valence-electron chi connectivity index (χ4n) is 1.81. The van der Waals surface area contributed by atoms with E-state index in [0.717, 1.165) is 5.56 Å². The van der Waals surface area contributed by atoms with Gasteiger partial charge in [-0.2, -0.15) is 0 Å². The van der Waals surface area contributed by atoms with E-state index in [1.54, 1.807) is 33.0 Å². The Hall–Kier alpha value is -2.09. The Labute approximate surface area is 124 Å². The summed E-state index contributed by atoms with van der Waals surface area (Å²) in [4.78, 5) is 17.1. The van der Waals surface area contributed by atoms with Crippen molar-refractivity contribution in [1.82, 2.24) is 9.88 Å². The summed E-state index contributed by atoms with van der Waals surface area (Å²) in [6.45, 7) is 7.11. The molecule has 0 aliphatic carbocycles. The van der Waals surface area contributed by atoms with Crippen molar-refractivity contribution in [1.29, 1.82) is 0 Å². The van der Waals surface area contributed by atoms with Crippen molar-refractivity contribution in [2.45, 2.75) is 39.0 Å². The van der Waals surface area contributed by atoms with Crippen LogP contribution in [0.15, 0.2) is 18.3 Å². The highest BCUT2D eigenvalue weighted by molar-refractivity contribution is 5.70. The van der Waals surface area contributed by atoms with Gasteiger partial charge in [0.1, 0.15) is 11.3 Å². The number of hydrogen-bond donors (Lipinski definition) is 0. The largest absolute Gasteiger partial charge is 0.444 e. The van der Waals surface area contributed by atoms with E-state index in [4.69, 9.17) is 4.74 Å². The number of pyridine rings is 1. The van der Waals surface area contributed by atoms with Crippen LogP contribution in [0.3, 0.4) is 0 Å². The van der Waals surface area contributed by atoms with Crippen molar-refractivity contribution < 1.29 is 13.9 Å². The normalized spacial score (nSPS) is 16.5. The standard InChI is InChI=1S/C16H19FN2O2/c1-12-5-6-13(18-9-12)7-8-16(17)10-19(11-16)14(20)21-15(2,3)4/h5-6,9H,10-11H2,1-4H3. The molecule has 1 aromatic heterocycles. The molecule has 0 unspecified atom stereocenters. The van der Waals surface area contributed by atoms with Gasteiger partial charge in [0, 0.05) is 6.20 Å². The van der Waals surface area contributed by atoms with Crippen LogP contribution in [0.1, 0.15) is 32.0 Å². The summed E-state index contributed by atoms with van der Waals surface area (Å²) in [5.74, 6) is 5.26. The minimum atomic E-state index is -1.68. The molecular weight excluding hydrogens is 271 g/mol. The summed E-state index contributed by atoms with van der Waals surface area (Å²) in [5, 5.41) is 0. The SMILES string of the molecule is Cc1ccc(C#CC2(F)CN(C(=O)OC(C)(C)C)C2)nc1. The van der Waals surface area contributed by atoms with Crippen molar-refractivity contribution >= 4 is 6.09 Å². The third-order valence-corrected chi connectivity index (χ3v) is 2.86. The Morgan fingerprint density at radius 3 is 2.62 bits per heavy atom. The lowest BCUT2D eigenvalue weighted by Crippen LogP contribution is -2.61. The molecule has 5 heteroatoms. The summed E-state index contributed by atoms with van der Waals surface area (Å²) in [5.41, 5.74) is -0.712. The summed E-state index contributed by atoms with van der Waals surface area (Å²) < 4.78 is 19.4. The number of alkyl halides is 1. The molecular formula is C16H19FN2O2. The number of amides is 1. The molecule has 21 heavy (non-hydrogen) atoms. The molecule has 2 heterocycles. The van der Waals surface area contributed by atoms with Crippen molar-refractivity contribution in [2.75, 3.05) is 13.1 Å². The first-order chi connectivity index (χ1) is 9.67. The molecule has 0 atom stereocenters. The number of carbonyl (C=O) groups is 1. The number of ether oxygens (including phenoxy) is 1. The van der Waals surface area contributed by atoms with E-state index in [9.17, 15) is 9.18 Å². The zero-order valence-corrected chi connectivity index (χ0v) is 12.7. The maximum atomic E-state index is 14.3. The molecule has 1 aliphatic heterocycles. The first-order valence-corrected chi connectivity index (χ1v) is 6.80. The molecule has 4 nitrogen and oxygen atoms in total.